The highest BCUT2D eigenvalue weighted by Crippen LogP contribution is 2.36. The molecule has 0 saturated carbocycles. The number of carbonyl (C=O) groups excluding carboxylic acids is 2. The molecule has 1 saturated heterocycles. The molecule has 0 aromatic heterocycles. The lowest BCUT2D eigenvalue weighted by atomic mass is 10.0. The van der Waals surface area contributed by atoms with Crippen molar-refractivity contribution in [3.05, 3.63) is 65.4 Å². The molecule has 0 N–H and O–H groups in total. The van der Waals surface area contributed by atoms with Gasteiger partial charge in [0.05, 0.1) is 31.1 Å². The normalized spacial score (nSPS) is 17.0. The van der Waals surface area contributed by atoms with Gasteiger partial charge in [-0.05, 0) is 47.7 Å². The summed E-state index contributed by atoms with van der Waals surface area (Å²) in [5, 5.41) is 0. The Bertz CT molecular complexity index is 1000. The van der Waals surface area contributed by atoms with Crippen molar-refractivity contribution in [1.29, 1.82) is 0 Å². The van der Waals surface area contributed by atoms with Crippen molar-refractivity contribution >= 4 is 23.1 Å². The molecule has 6 nitrogen and oxygen atoms in total. The van der Waals surface area contributed by atoms with Crippen molar-refractivity contribution in [2.24, 2.45) is 0 Å². The number of ether oxygens (including phenoxy) is 2. The molecule has 32 heavy (non-hydrogen) atoms. The van der Waals surface area contributed by atoms with Gasteiger partial charge < -0.3 is 14.4 Å². The quantitative estimate of drug-likeness (QED) is 0.611. The van der Waals surface area contributed by atoms with Crippen molar-refractivity contribution < 1.29 is 19.1 Å². The van der Waals surface area contributed by atoms with Gasteiger partial charge in [-0.15, -0.1) is 0 Å². The lowest BCUT2D eigenvalue weighted by Gasteiger charge is -2.29. The summed E-state index contributed by atoms with van der Waals surface area (Å²) in [4.78, 5) is 30.4. The largest absolute Gasteiger partial charge is 0.494 e. The Morgan fingerprint density at radius 1 is 0.938 bits per heavy atom. The summed E-state index contributed by atoms with van der Waals surface area (Å²) in [6.07, 6.45) is 0.922. The third kappa shape index (κ3) is 4.28. The van der Waals surface area contributed by atoms with Crippen LogP contribution in [-0.2, 0) is 14.3 Å². The van der Waals surface area contributed by atoms with Crippen molar-refractivity contribution in [2.75, 3.05) is 37.8 Å². The fraction of sp³-hybridized carbons (Fsp3) is 0.385. The fourth-order valence-corrected chi connectivity index (χ4v) is 4.04. The molecule has 0 spiro atoms. The number of imide groups is 1. The maximum atomic E-state index is 13.6. The zero-order chi connectivity index (χ0) is 22.7. The molecule has 0 aliphatic carbocycles. The SMILES string of the molecule is CCCOc1ccc(C2=C(N3CCOCC3)C(=O)N(c3ccc(C(C)C)cc3)C2=O)cc1. The molecular weight excluding hydrogens is 404 g/mol. The van der Waals surface area contributed by atoms with Crippen LogP contribution in [0.4, 0.5) is 5.69 Å². The van der Waals surface area contributed by atoms with E-state index in [1.54, 1.807) is 0 Å². The van der Waals surface area contributed by atoms with E-state index < -0.39 is 0 Å². The molecule has 0 atom stereocenters. The minimum Gasteiger partial charge on any atom is -0.494 e. The molecule has 2 aromatic rings. The Balaban J connectivity index is 1.72. The summed E-state index contributed by atoms with van der Waals surface area (Å²) >= 11 is 0. The van der Waals surface area contributed by atoms with Gasteiger partial charge in [0.2, 0.25) is 0 Å². The first-order valence-corrected chi connectivity index (χ1v) is 11.3. The average molecular weight is 435 g/mol. The lowest BCUT2D eigenvalue weighted by molar-refractivity contribution is -0.121. The zero-order valence-electron chi connectivity index (χ0n) is 19.0. The molecule has 168 valence electrons. The summed E-state index contributed by atoms with van der Waals surface area (Å²) in [7, 11) is 0. The van der Waals surface area contributed by atoms with Crippen molar-refractivity contribution in [2.45, 2.75) is 33.1 Å². The second-order valence-electron chi connectivity index (χ2n) is 8.39. The molecule has 0 unspecified atom stereocenters. The van der Waals surface area contributed by atoms with E-state index in [-0.39, 0.29) is 11.8 Å². The number of nitrogens with zero attached hydrogens (tertiary/aromatic N) is 2. The van der Waals surface area contributed by atoms with Crippen LogP contribution >= 0.6 is 0 Å². The van der Waals surface area contributed by atoms with Gasteiger partial charge >= 0.3 is 0 Å². The topological polar surface area (TPSA) is 59.1 Å². The fourth-order valence-electron chi connectivity index (χ4n) is 4.04. The van der Waals surface area contributed by atoms with Crippen LogP contribution in [0.1, 0.15) is 44.2 Å². The molecule has 0 bridgehead atoms. The predicted molar refractivity (Wildman–Crippen MR) is 125 cm³/mol. The second kappa shape index (κ2) is 9.57. The minimum atomic E-state index is -0.295. The van der Waals surface area contributed by atoms with Gasteiger partial charge in [-0.2, -0.15) is 0 Å². The van der Waals surface area contributed by atoms with E-state index in [2.05, 4.69) is 20.8 Å². The second-order valence-corrected chi connectivity index (χ2v) is 8.39. The van der Waals surface area contributed by atoms with E-state index in [1.165, 1.54) is 4.90 Å². The van der Waals surface area contributed by atoms with Crippen LogP contribution in [0.5, 0.6) is 5.75 Å². The predicted octanol–water partition coefficient (Wildman–Crippen LogP) is 4.22. The van der Waals surface area contributed by atoms with Crippen LogP contribution < -0.4 is 9.64 Å². The molecule has 6 heteroatoms. The molecular formula is C26H30N2O4. The standard InChI is InChI=1S/C26H30N2O4/c1-4-15-32-22-11-7-20(8-12-22)23-24(27-13-16-31-17-14-27)26(30)28(25(23)29)21-9-5-19(6-10-21)18(2)3/h5-12,18H,4,13-17H2,1-3H3. The summed E-state index contributed by atoms with van der Waals surface area (Å²) in [5.74, 6) is 0.550. The first kappa shape index (κ1) is 22.1. The number of carbonyl (C=O) groups is 2. The summed E-state index contributed by atoms with van der Waals surface area (Å²) < 4.78 is 11.2. The number of rotatable bonds is 7. The van der Waals surface area contributed by atoms with Gasteiger partial charge in [0.15, 0.2) is 0 Å². The maximum absolute atomic E-state index is 13.6. The first-order valence-electron chi connectivity index (χ1n) is 11.3. The van der Waals surface area contributed by atoms with Gasteiger partial charge in [0.1, 0.15) is 11.4 Å². The van der Waals surface area contributed by atoms with Crippen molar-refractivity contribution in [3.63, 3.8) is 0 Å². The minimum absolute atomic E-state index is 0.282. The van der Waals surface area contributed by atoms with E-state index in [0.29, 0.717) is 55.8 Å². The van der Waals surface area contributed by atoms with Crippen LogP contribution in [-0.4, -0.2) is 49.6 Å². The highest BCUT2D eigenvalue weighted by atomic mass is 16.5. The molecule has 2 aromatic carbocycles. The Morgan fingerprint density at radius 3 is 2.19 bits per heavy atom. The highest BCUT2D eigenvalue weighted by molar-refractivity contribution is 6.45. The number of amides is 2. The van der Waals surface area contributed by atoms with Gasteiger partial charge in [0.25, 0.3) is 11.8 Å². The van der Waals surface area contributed by atoms with Crippen LogP contribution in [0.25, 0.3) is 5.57 Å². The van der Waals surface area contributed by atoms with Gasteiger partial charge in [-0.3, -0.25) is 9.59 Å². The molecule has 2 aliphatic rings. The van der Waals surface area contributed by atoms with Crippen LogP contribution in [0.3, 0.4) is 0 Å². The molecule has 2 aliphatic heterocycles. The molecule has 1 fully saturated rings. The molecule has 4 rings (SSSR count). The monoisotopic (exact) mass is 434 g/mol. The molecule has 2 amide bonds. The van der Waals surface area contributed by atoms with Crippen LogP contribution in [0.2, 0.25) is 0 Å². The lowest BCUT2D eigenvalue weighted by Crippen LogP contribution is -2.40. The van der Waals surface area contributed by atoms with E-state index in [0.717, 1.165) is 23.3 Å². The van der Waals surface area contributed by atoms with Gasteiger partial charge in [0, 0.05) is 13.1 Å². The highest BCUT2D eigenvalue weighted by Gasteiger charge is 2.42. The Hall–Kier alpha value is -3.12. The third-order valence-corrected chi connectivity index (χ3v) is 5.82. The summed E-state index contributed by atoms with van der Waals surface area (Å²) in [5.41, 5.74) is 3.36. The average Bonchev–Trinajstić information content (AvgIpc) is 3.08. The van der Waals surface area contributed by atoms with Crippen molar-refractivity contribution in [1.82, 2.24) is 4.90 Å². The number of hydrogen-bond donors (Lipinski definition) is 0. The number of anilines is 1. The molecule has 2 heterocycles. The van der Waals surface area contributed by atoms with Crippen LogP contribution in [0, 0.1) is 0 Å². The van der Waals surface area contributed by atoms with E-state index in [4.69, 9.17) is 9.47 Å². The zero-order valence-corrected chi connectivity index (χ0v) is 19.0. The smallest absolute Gasteiger partial charge is 0.282 e. The Morgan fingerprint density at radius 2 is 1.59 bits per heavy atom. The van der Waals surface area contributed by atoms with E-state index in [9.17, 15) is 9.59 Å². The maximum Gasteiger partial charge on any atom is 0.282 e. The Kier molecular flexibility index (Phi) is 6.61. The van der Waals surface area contributed by atoms with Gasteiger partial charge in [-0.25, -0.2) is 4.90 Å². The summed E-state index contributed by atoms with van der Waals surface area (Å²) in [6.45, 7) is 9.15. The summed E-state index contributed by atoms with van der Waals surface area (Å²) in [6, 6.07) is 15.1. The van der Waals surface area contributed by atoms with Crippen molar-refractivity contribution in [3.8, 4) is 5.75 Å². The first-order chi connectivity index (χ1) is 15.5. The van der Waals surface area contributed by atoms with E-state index >= 15 is 0 Å². The number of benzene rings is 2. The molecule has 0 radical (unpaired) electrons. The van der Waals surface area contributed by atoms with Crippen LogP contribution in [0.15, 0.2) is 54.2 Å². The van der Waals surface area contributed by atoms with E-state index in [1.807, 2.05) is 53.4 Å². The third-order valence-electron chi connectivity index (χ3n) is 5.82. The number of morpholine rings is 1. The number of hydrogen-bond acceptors (Lipinski definition) is 5. The Labute approximate surface area is 189 Å². The van der Waals surface area contributed by atoms with Gasteiger partial charge in [-0.1, -0.05) is 45.0 Å².